The Labute approximate surface area is 70.1 Å². The molecule has 2 rings (SSSR count). The number of carbonyl (C=O) groups is 1. The third-order valence-corrected chi connectivity index (χ3v) is 3.23. The number of aldehydes is 1. The maximum Gasteiger partial charge on any atom is 0.120 e. The van der Waals surface area contributed by atoms with E-state index >= 15 is 0 Å². The first-order chi connectivity index (χ1) is 5.42. The predicted octanol–water partition coefficient (Wildman–Crippen LogP) is 2.44. The van der Waals surface area contributed by atoms with Crippen LogP contribution < -0.4 is 0 Å². The third-order valence-electron chi connectivity index (χ3n) is 2.23. The van der Waals surface area contributed by atoms with Crippen molar-refractivity contribution >= 4 is 17.6 Å². The van der Waals surface area contributed by atoms with Gasteiger partial charge >= 0.3 is 0 Å². The molecule has 1 aromatic rings. The Bertz CT molecular complexity index is 240. The minimum absolute atomic E-state index is 0.658. The SMILES string of the molecule is O=CCC1CC1c1cccs1. The number of hydrogen-bond acceptors (Lipinski definition) is 2. The van der Waals surface area contributed by atoms with Crippen LogP contribution in [-0.2, 0) is 4.79 Å². The van der Waals surface area contributed by atoms with E-state index in [-0.39, 0.29) is 0 Å². The zero-order valence-electron chi connectivity index (χ0n) is 6.19. The monoisotopic (exact) mass is 166 g/mol. The highest BCUT2D eigenvalue weighted by atomic mass is 32.1. The fraction of sp³-hybridized carbons (Fsp3) is 0.444. The first-order valence-electron chi connectivity index (χ1n) is 3.89. The van der Waals surface area contributed by atoms with Crippen LogP contribution in [0.25, 0.3) is 0 Å². The van der Waals surface area contributed by atoms with Crippen molar-refractivity contribution in [2.75, 3.05) is 0 Å². The van der Waals surface area contributed by atoms with Gasteiger partial charge in [0.05, 0.1) is 0 Å². The van der Waals surface area contributed by atoms with Gasteiger partial charge in [-0.25, -0.2) is 0 Å². The molecule has 1 aromatic heterocycles. The molecule has 0 spiro atoms. The van der Waals surface area contributed by atoms with Gasteiger partial charge in [0, 0.05) is 11.3 Å². The van der Waals surface area contributed by atoms with Crippen LogP contribution in [0.1, 0.15) is 23.6 Å². The maximum absolute atomic E-state index is 10.2. The van der Waals surface area contributed by atoms with Gasteiger partial charge < -0.3 is 4.79 Å². The largest absolute Gasteiger partial charge is 0.303 e. The van der Waals surface area contributed by atoms with Crippen molar-refractivity contribution in [3.05, 3.63) is 22.4 Å². The summed E-state index contributed by atoms with van der Waals surface area (Å²) in [7, 11) is 0. The van der Waals surface area contributed by atoms with Crippen molar-refractivity contribution < 1.29 is 4.79 Å². The number of carbonyl (C=O) groups excluding carboxylic acids is 1. The standard InChI is InChI=1S/C9H10OS/c10-4-3-7-6-8(7)9-2-1-5-11-9/h1-2,4-5,7-8H,3,6H2. The summed E-state index contributed by atoms with van der Waals surface area (Å²) in [6.45, 7) is 0. The summed E-state index contributed by atoms with van der Waals surface area (Å²) in [5.41, 5.74) is 0. The van der Waals surface area contributed by atoms with Gasteiger partial charge in [-0.2, -0.15) is 0 Å². The molecule has 1 aliphatic carbocycles. The molecule has 58 valence electrons. The fourth-order valence-electron chi connectivity index (χ4n) is 1.48. The molecule has 1 saturated carbocycles. The highest BCUT2D eigenvalue weighted by molar-refractivity contribution is 7.10. The summed E-state index contributed by atoms with van der Waals surface area (Å²) >= 11 is 1.81. The molecule has 2 unspecified atom stereocenters. The molecule has 0 amide bonds. The van der Waals surface area contributed by atoms with E-state index in [9.17, 15) is 4.79 Å². The molecule has 0 aliphatic heterocycles. The van der Waals surface area contributed by atoms with E-state index in [1.54, 1.807) is 0 Å². The minimum Gasteiger partial charge on any atom is -0.303 e. The first-order valence-corrected chi connectivity index (χ1v) is 4.77. The van der Waals surface area contributed by atoms with E-state index in [0.29, 0.717) is 11.8 Å². The van der Waals surface area contributed by atoms with Gasteiger partial charge in [-0.3, -0.25) is 0 Å². The molecule has 1 nitrogen and oxygen atoms in total. The van der Waals surface area contributed by atoms with Gasteiger partial charge in [0.15, 0.2) is 0 Å². The Hall–Kier alpha value is -0.630. The van der Waals surface area contributed by atoms with Crippen LogP contribution in [0.4, 0.5) is 0 Å². The fourth-order valence-corrected chi connectivity index (χ4v) is 2.42. The van der Waals surface area contributed by atoms with E-state index in [0.717, 1.165) is 12.7 Å². The van der Waals surface area contributed by atoms with Gasteiger partial charge in [0.25, 0.3) is 0 Å². The van der Waals surface area contributed by atoms with E-state index in [4.69, 9.17) is 0 Å². The molecule has 0 saturated heterocycles. The molecule has 1 aliphatic rings. The zero-order valence-corrected chi connectivity index (χ0v) is 7.01. The van der Waals surface area contributed by atoms with Crippen molar-refractivity contribution in [1.82, 2.24) is 0 Å². The minimum atomic E-state index is 0.658. The van der Waals surface area contributed by atoms with Crippen LogP contribution >= 0.6 is 11.3 Å². The van der Waals surface area contributed by atoms with E-state index in [1.165, 1.54) is 11.3 Å². The van der Waals surface area contributed by atoms with Crippen molar-refractivity contribution in [2.45, 2.75) is 18.8 Å². The number of thiophene rings is 1. The van der Waals surface area contributed by atoms with Crippen molar-refractivity contribution in [1.29, 1.82) is 0 Å². The summed E-state index contributed by atoms with van der Waals surface area (Å²) < 4.78 is 0. The second kappa shape index (κ2) is 2.78. The molecule has 1 fully saturated rings. The highest BCUT2D eigenvalue weighted by Crippen LogP contribution is 2.50. The van der Waals surface area contributed by atoms with Gasteiger partial charge in [-0.15, -0.1) is 11.3 Å². The van der Waals surface area contributed by atoms with Gasteiger partial charge in [0.1, 0.15) is 6.29 Å². The smallest absolute Gasteiger partial charge is 0.120 e. The van der Waals surface area contributed by atoms with Crippen molar-refractivity contribution in [2.24, 2.45) is 5.92 Å². The van der Waals surface area contributed by atoms with Gasteiger partial charge in [-0.1, -0.05) is 6.07 Å². The molecular weight excluding hydrogens is 156 g/mol. The Morgan fingerprint density at radius 3 is 3.27 bits per heavy atom. The van der Waals surface area contributed by atoms with Crippen LogP contribution in [0.3, 0.4) is 0 Å². The Morgan fingerprint density at radius 1 is 1.73 bits per heavy atom. The predicted molar refractivity (Wildman–Crippen MR) is 45.8 cm³/mol. The third kappa shape index (κ3) is 1.36. The number of rotatable bonds is 3. The maximum atomic E-state index is 10.2. The molecule has 0 N–H and O–H groups in total. The number of hydrogen-bond donors (Lipinski definition) is 0. The van der Waals surface area contributed by atoms with Gasteiger partial charge in [-0.05, 0) is 29.7 Å². The Kier molecular flexibility index (Phi) is 1.78. The second-order valence-corrected chi connectivity index (χ2v) is 4.00. The van der Waals surface area contributed by atoms with Gasteiger partial charge in [0.2, 0.25) is 0 Å². The molecule has 0 aromatic carbocycles. The zero-order chi connectivity index (χ0) is 7.68. The van der Waals surface area contributed by atoms with Crippen LogP contribution in [-0.4, -0.2) is 6.29 Å². The summed E-state index contributed by atoms with van der Waals surface area (Å²) in [6, 6.07) is 4.25. The van der Waals surface area contributed by atoms with E-state index in [1.807, 2.05) is 11.3 Å². The van der Waals surface area contributed by atoms with Crippen LogP contribution in [0, 0.1) is 5.92 Å². The molecule has 11 heavy (non-hydrogen) atoms. The molecule has 2 heteroatoms. The molecule has 0 radical (unpaired) electrons. The molecule has 1 heterocycles. The van der Waals surface area contributed by atoms with Crippen LogP contribution in [0.15, 0.2) is 17.5 Å². The Balaban J connectivity index is 1.97. The lowest BCUT2D eigenvalue weighted by Gasteiger charge is -1.89. The lowest BCUT2D eigenvalue weighted by atomic mass is 10.2. The van der Waals surface area contributed by atoms with Crippen LogP contribution in [0.5, 0.6) is 0 Å². The quantitative estimate of drug-likeness (QED) is 0.630. The summed E-state index contributed by atoms with van der Waals surface area (Å²) in [4.78, 5) is 11.6. The molecule has 2 atom stereocenters. The lowest BCUT2D eigenvalue weighted by molar-refractivity contribution is -0.108. The average Bonchev–Trinajstić information content (AvgIpc) is 2.61. The molecule has 0 bridgehead atoms. The van der Waals surface area contributed by atoms with Crippen molar-refractivity contribution in [3.8, 4) is 0 Å². The summed E-state index contributed by atoms with van der Waals surface area (Å²) in [6.07, 6.45) is 3.01. The second-order valence-electron chi connectivity index (χ2n) is 3.02. The lowest BCUT2D eigenvalue weighted by Crippen LogP contribution is -1.80. The first kappa shape index (κ1) is 7.04. The van der Waals surface area contributed by atoms with E-state index < -0.39 is 0 Å². The molecular formula is C9H10OS. The topological polar surface area (TPSA) is 17.1 Å². The Morgan fingerprint density at radius 2 is 2.64 bits per heavy atom. The average molecular weight is 166 g/mol. The summed E-state index contributed by atoms with van der Waals surface area (Å²) in [5.74, 6) is 1.37. The normalized spacial score (nSPS) is 28.4. The van der Waals surface area contributed by atoms with E-state index in [2.05, 4.69) is 17.5 Å². The van der Waals surface area contributed by atoms with Crippen LogP contribution in [0.2, 0.25) is 0 Å². The highest BCUT2D eigenvalue weighted by Gasteiger charge is 2.38. The van der Waals surface area contributed by atoms with Crippen molar-refractivity contribution in [3.63, 3.8) is 0 Å². The summed E-state index contributed by atoms with van der Waals surface area (Å²) in [5, 5.41) is 2.10.